The molecular weight excluding hydrogens is 225 g/mol. The first-order valence-corrected chi connectivity index (χ1v) is 5.68. The van der Waals surface area contributed by atoms with E-state index >= 15 is 0 Å². The van der Waals surface area contributed by atoms with Gasteiger partial charge in [0, 0.05) is 13.2 Å². The van der Waals surface area contributed by atoms with Crippen LogP contribution in [0.2, 0.25) is 0 Å². The zero-order chi connectivity index (χ0) is 12.7. The van der Waals surface area contributed by atoms with Crippen LogP contribution in [0.4, 0.5) is 10.3 Å². The zero-order valence-corrected chi connectivity index (χ0v) is 10.4. The minimum atomic E-state index is -0.574. The monoisotopic (exact) mass is 243 g/mol. The van der Waals surface area contributed by atoms with Gasteiger partial charge in [-0.1, -0.05) is 0 Å². The van der Waals surface area contributed by atoms with Gasteiger partial charge in [-0.05, 0) is 20.8 Å². The van der Waals surface area contributed by atoms with Crippen LogP contribution >= 0.6 is 0 Å². The van der Waals surface area contributed by atoms with Crippen molar-refractivity contribution in [2.45, 2.75) is 26.9 Å². The van der Waals surface area contributed by atoms with Crippen molar-refractivity contribution in [2.24, 2.45) is 0 Å². The lowest BCUT2D eigenvalue weighted by Crippen LogP contribution is -2.20. The number of nitrogens with one attached hydrogen (secondary N) is 1. The van der Waals surface area contributed by atoms with Gasteiger partial charge in [0.25, 0.3) is 5.88 Å². The van der Waals surface area contributed by atoms with Crippen LogP contribution in [0.3, 0.4) is 0 Å². The first kappa shape index (κ1) is 13.6. The van der Waals surface area contributed by atoms with Crippen LogP contribution in [0, 0.1) is 5.82 Å². The minimum Gasteiger partial charge on any atom is -0.470 e. The van der Waals surface area contributed by atoms with Gasteiger partial charge in [-0.25, -0.2) is 4.98 Å². The highest BCUT2D eigenvalue weighted by molar-refractivity contribution is 5.28. The molecular formula is C11H18FN3O2. The Labute approximate surface area is 100 Å². The SMILES string of the molecule is CCNc1ncc(F)c(OC(C)COCC)n1. The van der Waals surface area contributed by atoms with Crippen LogP contribution in [0.5, 0.6) is 5.88 Å². The second-order valence-electron chi connectivity index (χ2n) is 3.46. The molecule has 0 saturated carbocycles. The molecule has 0 amide bonds. The first-order chi connectivity index (χ1) is 8.17. The lowest BCUT2D eigenvalue weighted by molar-refractivity contribution is 0.0610. The molecule has 1 aromatic rings. The van der Waals surface area contributed by atoms with E-state index < -0.39 is 5.82 Å². The van der Waals surface area contributed by atoms with Crippen molar-refractivity contribution < 1.29 is 13.9 Å². The number of anilines is 1. The third kappa shape index (κ3) is 4.52. The summed E-state index contributed by atoms with van der Waals surface area (Å²) in [5.41, 5.74) is 0. The molecule has 1 unspecified atom stereocenters. The van der Waals surface area contributed by atoms with Crippen LogP contribution in [-0.2, 0) is 4.74 Å². The molecule has 1 rings (SSSR count). The molecule has 0 aliphatic carbocycles. The highest BCUT2D eigenvalue weighted by atomic mass is 19.1. The molecule has 1 aromatic heterocycles. The van der Waals surface area contributed by atoms with Crippen molar-refractivity contribution in [2.75, 3.05) is 25.1 Å². The van der Waals surface area contributed by atoms with Gasteiger partial charge in [0.1, 0.15) is 6.10 Å². The van der Waals surface area contributed by atoms with Crippen LogP contribution in [0.1, 0.15) is 20.8 Å². The van der Waals surface area contributed by atoms with Crippen molar-refractivity contribution >= 4 is 5.95 Å². The van der Waals surface area contributed by atoms with E-state index in [0.717, 1.165) is 6.20 Å². The standard InChI is InChI=1S/C11H18FN3O2/c1-4-13-11-14-6-9(12)10(15-11)17-8(3)7-16-5-2/h6,8H,4-5,7H2,1-3H3,(H,13,14,15). The summed E-state index contributed by atoms with van der Waals surface area (Å²) < 4.78 is 23.9. The largest absolute Gasteiger partial charge is 0.470 e. The van der Waals surface area contributed by atoms with E-state index in [1.54, 1.807) is 6.92 Å². The second-order valence-corrected chi connectivity index (χ2v) is 3.46. The van der Waals surface area contributed by atoms with Crippen molar-refractivity contribution in [3.63, 3.8) is 0 Å². The molecule has 1 heterocycles. The number of aromatic nitrogens is 2. The van der Waals surface area contributed by atoms with E-state index in [9.17, 15) is 4.39 Å². The Morgan fingerprint density at radius 3 is 2.88 bits per heavy atom. The lowest BCUT2D eigenvalue weighted by atomic mass is 10.4. The molecule has 0 bridgehead atoms. The van der Waals surface area contributed by atoms with Gasteiger partial charge in [-0.3, -0.25) is 0 Å². The molecule has 17 heavy (non-hydrogen) atoms. The molecule has 6 heteroatoms. The van der Waals surface area contributed by atoms with E-state index in [0.29, 0.717) is 25.7 Å². The second kappa shape index (κ2) is 7.01. The van der Waals surface area contributed by atoms with Crippen molar-refractivity contribution in [1.29, 1.82) is 0 Å². The Hall–Kier alpha value is -1.43. The quantitative estimate of drug-likeness (QED) is 0.792. The third-order valence-electron chi connectivity index (χ3n) is 1.92. The van der Waals surface area contributed by atoms with E-state index in [1.807, 2.05) is 13.8 Å². The number of hydrogen-bond acceptors (Lipinski definition) is 5. The average Bonchev–Trinajstić information content (AvgIpc) is 2.31. The maximum atomic E-state index is 13.4. The number of halogens is 1. The van der Waals surface area contributed by atoms with Gasteiger partial charge in [-0.2, -0.15) is 9.37 Å². The number of hydrogen-bond donors (Lipinski definition) is 1. The average molecular weight is 243 g/mol. The van der Waals surface area contributed by atoms with Crippen LogP contribution in [0.25, 0.3) is 0 Å². The summed E-state index contributed by atoms with van der Waals surface area (Å²) in [4.78, 5) is 7.72. The first-order valence-electron chi connectivity index (χ1n) is 5.68. The predicted molar refractivity (Wildman–Crippen MR) is 62.7 cm³/mol. The van der Waals surface area contributed by atoms with Crippen LogP contribution < -0.4 is 10.1 Å². The van der Waals surface area contributed by atoms with E-state index in [2.05, 4.69) is 15.3 Å². The van der Waals surface area contributed by atoms with Gasteiger partial charge in [0.2, 0.25) is 11.8 Å². The topological polar surface area (TPSA) is 56.3 Å². The highest BCUT2D eigenvalue weighted by Crippen LogP contribution is 2.16. The summed E-state index contributed by atoms with van der Waals surface area (Å²) in [6.45, 7) is 7.26. The summed E-state index contributed by atoms with van der Waals surface area (Å²) in [7, 11) is 0. The van der Waals surface area contributed by atoms with Gasteiger partial charge >= 0.3 is 0 Å². The summed E-state index contributed by atoms with van der Waals surface area (Å²) >= 11 is 0. The molecule has 5 nitrogen and oxygen atoms in total. The molecule has 0 fully saturated rings. The molecule has 1 atom stereocenters. The highest BCUT2D eigenvalue weighted by Gasteiger charge is 2.11. The molecule has 0 aromatic carbocycles. The Kier molecular flexibility index (Phi) is 5.62. The zero-order valence-electron chi connectivity index (χ0n) is 10.4. The van der Waals surface area contributed by atoms with Gasteiger partial charge < -0.3 is 14.8 Å². The Morgan fingerprint density at radius 2 is 2.24 bits per heavy atom. The fourth-order valence-electron chi connectivity index (χ4n) is 1.19. The summed E-state index contributed by atoms with van der Waals surface area (Å²) in [6, 6.07) is 0. The fraction of sp³-hybridized carbons (Fsp3) is 0.636. The van der Waals surface area contributed by atoms with Crippen molar-refractivity contribution in [1.82, 2.24) is 9.97 Å². The Morgan fingerprint density at radius 1 is 1.47 bits per heavy atom. The smallest absolute Gasteiger partial charge is 0.255 e. The molecule has 0 saturated heterocycles. The number of ether oxygens (including phenoxy) is 2. The van der Waals surface area contributed by atoms with Gasteiger partial charge in [0.05, 0.1) is 12.8 Å². The fourth-order valence-corrected chi connectivity index (χ4v) is 1.19. The summed E-state index contributed by atoms with van der Waals surface area (Å²) in [5, 5.41) is 2.89. The molecule has 0 aliphatic heterocycles. The molecule has 0 spiro atoms. The molecule has 96 valence electrons. The van der Waals surface area contributed by atoms with Crippen LogP contribution in [0.15, 0.2) is 6.20 Å². The molecule has 0 radical (unpaired) electrons. The van der Waals surface area contributed by atoms with Crippen LogP contribution in [-0.4, -0.2) is 35.8 Å². The summed E-state index contributed by atoms with van der Waals surface area (Å²) in [5.74, 6) is -0.273. The van der Waals surface area contributed by atoms with E-state index in [1.165, 1.54) is 0 Å². The Bertz CT molecular complexity index is 349. The van der Waals surface area contributed by atoms with Crippen molar-refractivity contribution in [3.8, 4) is 5.88 Å². The predicted octanol–water partition coefficient (Wildman–Crippen LogP) is 1.85. The lowest BCUT2D eigenvalue weighted by Gasteiger charge is -2.14. The third-order valence-corrected chi connectivity index (χ3v) is 1.92. The molecule has 0 aliphatic rings. The van der Waals surface area contributed by atoms with E-state index in [4.69, 9.17) is 9.47 Å². The van der Waals surface area contributed by atoms with E-state index in [-0.39, 0.29) is 12.0 Å². The molecule has 1 N–H and O–H groups in total. The number of rotatable bonds is 7. The number of nitrogens with zero attached hydrogens (tertiary/aromatic N) is 2. The maximum Gasteiger partial charge on any atom is 0.255 e. The minimum absolute atomic E-state index is 0.0526. The normalized spacial score (nSPS) is 12.2. The maximum absolute atomic E-state index is 13.4. The Balaban J connectivity index is 2.64. The van der Waals surface area contributed by atoms with Gasteiger partial charge in [0.15, 0.2) is 0 Å². The van der Waals surface area contributed by atoms with Gasteiger partial charge in [-0.15, -0.1) is 0 Å². The summed E-state index contributed by atoms with van der Waals surface area (Å²) in [6.07, 6.45) is 0.835. The van der Waals surface area contributed by atoms with Crippen molar-refractivity contribution in [3.05, 3.63) is 12.0 Å².